The number of rotatable bonds is 7. The minimum Gasteiger partial charge on any atom is -0.494 e. The molecule has 2 aromatic carbocycles. The molecule has 0 aliphatic carbocycles. The summed E-state index contributed by atoms with van der Waals surface area (Å²) in [6, 6.07) is 32.7. The highest BCUT2D eigenvalue weighted by Crippen LogP contribution is 2.26. The number of benzene rings is 2. The lowest BCUT2D eigenvalue weighted by Gasteiger charge is -2.15. The molecule has 0 unspecified atom stereocenters. The number of aromatic hydroxyl groups is 1. The van der Waals surface area contributed by atoms with Crippen LogP contribution in [0, 0.1) is 40.9 Å². The summed E-state index contributed by atoms with van der Waals surface area (Å²) in [5, 5.41) is 36.3. The molecule has 1 aliphatic heterocycles. The van der Waals surface area contributed by atoms with E-state index in [1.807, 2.05) is 66.7 Å². The number of nitrogens with one attached hydrogen (secondary N) is 2. The van der Waals surface area contributed by atoms with Crippen molar-refractivity contribution in [3.63, 3.8) is 0 Å². The fourth-order valence-corrected chi connectivity index (χ4v) is 4.76. The second-order valence-corrected chi connectivity index (χ2v) is 12.2. The zero-order valence-corrected chi connectivity index (χ0v) is 32.8. The molecule has 1 aliphatic rings. The molecule has 0 spiro atoms. The van der Waals surface area contributed by atoms with Crippen LogP contribution in [0.5, 0.6) is 5.88 Å². The van der Waals surface area contributed by atoms with Gasteiger partial charge in [-0.15, -0.1) is 0 Å². The third kappa shape index (κ3) is 15.5. The first-order valence-corrected chi connectivity index (χ1v) is 17.5. The average molecular weight is 811 g/mol. The van der Waals surface area contributed by atoms with Gasteiger partial charge in [0, 0.05) is 22.8 Å². The Hall–Kier alpha value is -8.68. The third-order valence-electron chi connectivity index (χ3n) is 7.45. The summed E-state index contributed by atoms with van der Waals surface area (Å²) in [5.41, 5.74) is 7.16. The van der Waals surface area contributed by atoms with Crippen LogP contribution in [0.15, 0.2) is 121 Å². The van der Waals surface area contributed by atoms with Crippen molar-refractivity contribution in [2.24, 2.45) is 5.73 Å². The number of pyridine rings is 1. The van der Waals surface area contributed by atoms with Crippen LogP contribution in [0.25, 0.3) is 28.7 Å². The zero-order chi connectivity index (χ0) is 44.8. The molecule has 3 amide bonds. The maximum atomic E-state index is 12.0. The van der Waals surface area contributed by atoms with Gasteiger partial charge < -0.3 is 19.7 Å². The molecular weight excluding hydrogens is 773 g/mol. The summed E-state index contributed by atoms with van der Waals surface area (Å²) < 4.78 is 11.0. The van der Waals surface area contributed by atoms with E-state index in [1.165, 1.54) is 26.0 Å². The minimum atomic E-state index is -0.670. The number of carbonyl (C=O) groups excluding carboxylic acids is 6. The smallest absolute Gasteiger partial charge is 0.269 e. The van der Waals surface area contributed by atoms with Gasteiger partial charge in [-0.2, -0.15) is 15.8 Å². The molecule has 16 heteroatoms. The van der Waals surface area contributed by atoms with Crippen LogP contribution in [0.2, 0.25) is 0 Å². The summed E-state index contributed by atoms with van der Waals surface area (Å²) in [6.07, 6.45) is 2.13. The van der Waals surface area contributed by atoms with Gasteiger partial charge in [0.1, 0.15) is 58.5 Å². The van der Waals surface area contributed by atoms with Gasteiger partial charge in [0.05, 0.1) is 12.5 Å². The van der Waals surface area contributed by atoms with E-state index in [1.54, 1.807) is 50.3 Å². The Morgan fingerprint density at radius 3 is 1.67 bits per heavy atom. The van der Waals surface area contributed by atoms with Crippen molar-refractivity contribution in [3.05, 3.63) is 141 Å². The monoisotopic (exact) mass is 810 g/mol. The summed E-state index contributed by atoms with van der Waals surface area (Å²) in [5.74, 6) is -0.0378. The van der Waals surface area contributed by atoms with Crippen molar-refractivity contribution in [1.29, 1.82) is 15.8 Å². The second-order valence-electron chi connectivity index (χ2n) is 12.2. The Bertz CT molecular complexity index is 2560. The van der Waals surface area contributed by atoms with Gasteiger partial charge in [0.25, 0.3) is 17.4 Å². The molecular formula is C44H38N6O10. The van der Waals surface area contributed by atoms with Crippen molar-refractivity contribution < 1.29 is 42.7 Å². The molecule has 0 saturated carbocycles. The van der Waals surface area contributed by atoms with Crippen LogP contribution in [-0.2, 0) is 24.0 Å². The number of aromatic nitrogens is 1. The number of nitrogens with two attached hydrogens (primary N) is 1. The highest BCUT2D eigenvalue weighted by molar-refractivity contribution is 6.19. The van der Waals surface area contributed by atoms with Crippen LogP contribution >= 0.6 is 0 Å². The van der Waals surface area contributed by atoms with Gasteiger partial charge in [0.2, 0.25) is 11.8 Å². The quantitative estimate of drug-likeness (QED) is 0.0656. The number of ketones is 2. The number of hydrogen-bond acceptors (Lipinski definition) is 13. The van der Waals surface area contributed by atoms with E-state index >= 15 is 0 Å². The SMILES string of the molecule is CC(=O)CC(C)=O.CC1=C(C#N)C(=O)NC(=O)/C1=C\c1ccc(-c2ccccc2)o1.Cc1cc(=O)[nH]c(O)c1C#N.N#CCC(N)=O.O=Cc1ccc(-c2ccccc2)o1. The molecule has 5 N–H and O–H groups in total. The Balaban J connectivity index is 0.000000285. The number of primary amides is 1. The molecule has 5 aromatic rings. The molecule has 0 bridgehead atoms. The van der Waals surface area contributed by atoms with Crippen molar-refractivity contribution in [2.75, 3.05) is 0 Å². The first kappa shape index (κ1) is 47.5. The predicted octanol–water partition coefficient (Wildman–Crippen LogP) is 5.79. The summed E-state index contributed by atoms with van der Waals surface area (Å²) in [4.78, 5) is 76.3. The second kappa shape index (κ2) is 24.1. The highest BCUT2D eigenvalue weighted by atomic mass is 16.3. The molecule has 304 valence electrons. The fourth-order valence-electron chi connectivity index (χ4n) is 4.76. The van der Waals surface area contributed by atoms with Crippen molar-refractivity contribution in [1.82, 2.24) is 10.3 Å². The number of carbonyl (C=O) groups is 6. The van der Waals surface area contributed by atoms with Crippen molar-refractivity contribution in [3.8, 4) is 46.7 Å². The first-order valence-electron chi connectivity index (χ1n) is 17.5. The summed E-state index contributed by atoms with van der Waals surface area (Å²) >= 11 is 0. The van der Waals surface area contributed by atoms with Gasteiger partial charge in [-0.1, -0.05) is 60.7 Å². The molecule has 0 radical (unpaired) electrons. The van der Waals surface area contributed by atoms with Gasteiger partial charge in [-0.3, -0.25) is 43.9 Å². The van der Waals surface area contributed by atoms with Gasteiger partial charge in [-0.05, 0) is 69.2 Å². The lowest BCUT2D eigenvalue weighted by Crippen LogP contribution is -2.37. The van der Waals surface area contributed by atoms with Crippen LogP contribution in [0.4, 0.5) is 0 Å². The van der Waals surface area contributed by atoms with Gasteiger partial charge in [0.15, 0.2) is 12.0 Å². The number of amides is 3. The number of furan rings is 2. The molecule has 6 rings (SSSR count). The van der Waals surface area contributed by atoms with E-state index in [0.717, 1.165) is 16.9 Å². The lowest BCUT2D eigenvalue weighted by molar-refractivity contribution is -0.127. The van der Waals surface area contributed by atoms with Gasteiger partial charge >= 0.3 is 0 Å². The highest BCUT2D eigenvalue weighted by Gasteiger charge is 2.27. The molecule has 60 heavy (non-hydrogen) atoms. The average Bonchev–Trinajstić information content (AvgIpc) is 3.88. The maximum Gasteiger partial charge on any atom is 0.269 e. The normalized spacial score (nSPS) is 11.7. The van der Waals surface area contributed by atoms with E-state index in [-0.39, 0.29) is 47.0 Å². The summed E-state index contributed by atoms with van der Waals surface area (Å²) in [7, 11) is 0. The predicted molar refractivity (Wildman–Crippen MR) is 217 cm³/mol. The Morgan fingerprint density at radius 1 is 0.767 bits per heavy atom. The van der Waals surface area contributed by atoms with E-state index in [0.29, 0.717) is 34.7 Å². The van der Waals surface area contributed by atoms with E-state index in [4.69, 9.17) is 29.7 Å². The third-order valence-corrected chi connectivity index (χ3v) is 7.45. The fraction of sp³-hybridized carbons (Fsp3) is 0.136. The maximum absolute atomic E-state index is 12.0. The number of aryl methyl sites for hydroxylation is 1. The number of H-pyrrole nitrogens is 1. The number of nitriles is 3. The minimum absolute atomic E-state index is 0.0625. The van der Waals surface area contributed by atoms with Crippen molar-refractivity contribution >= 4 is 41.7 Å². The number of nitrogens with zero attached hydrogens (tertiary/aromatic N) is 3. The zero-order valence-electron chi connectivity index (χ0n) is 32.8. The molecule has 0 saturated heterocycles. The largest absolute Gasteiger partial charge is 0.494 e. The molecule has 0 atom stereocenters. The molecule has 0 fully saturated rings. The van der Waals surface area contributed by atoms with Crippen LogP contribution < -0.4 is 16.6 Å². The number of aldehydes is 1. The van der Waals surface area contributed by atoms with Gasteiger partial charge in [-0.25, -0.2) is 0 Å². The number of hydrogen-bond donors (Lipinski definition) is 4. The first-order chi connectivity index (χ1) is 28.5. The van der Waals surface area contributed by atoms with Crippen LogP contribution in [0.1, 0.15) is 61.1 Å². The van der Waals surface area contributed by atoms with Crippen molar-refractivity contribution in [2.45, 2.75) is 40.5 Å². The van der Waals surface area contributed by atoms with Crippen LogP contribution in [0.3, 0.4) is 0 Å². The molecule has 3 aromatic heterocycles. The molecule has 16 nitrogen and oxygen atoms in total. The standard InChI is InChI=1S/C18H12N2O3.C11H8O2.C7H6N2O2.C5H8O2.C3H4N2O/c1-11-14(17(21)20-18(22)15(11)10-19)9-13-7-8-16(23-13)12-5-3-2-4-6-12;12-8-10-6-7-11(13-10)9-4-2-1-3-5-9;1-4-2-6(10)9-7(11)5(4)3-8;1-4(6)3-5(2)7;4-2-1-3(5)6/h2-9H,1H3,(H,20,21,22);1-8H;2H,1H3,(H2,9,10,11);3H2,1-2H3;1H2,(H2,5,6)/b14-9-;;;;. The Kier molecular flexibility index (Phi) is 19.0. The Labute approximate surface area is 343 Å². The molecule has 4 heterocycles. The number of Topliss-reactive ketones (excluding diaryl/α,β-unsaturated/α-hetero) is 2. The number of aromatic amines is 1. The van der Waals surface area contributed by atoms with E-state index in [9.17, 15) is 33.6 Å². The van der Waals surface area contributed by atoms with E-state index < -0.39 is 23.3 Å². The van der Waals surface area contributed by atoms with E-state index in [2.05, 4.69) is 16.0 Å². The van der Waals surface area contributed by atoms with Crippen LogP contribution in [-0.4, -0.2) is 45.7 Å². The Morgan fingerprint density at radius 2 is 1.28 bits per heavy atom. The number of imide groups is 1. The lowest BCUT2D eigenvalue weighted by atomic mass is 9.96. The topological polar surface area (TPSA) is 291 Å². The summed E-state index contributed by atoms with van der Waals surface area (Å²) in [6.45, 7) is 5.97.